The predicted molar refractivity (Wildman–Crippen MR) is 70.1 cm³/mol. The summed E-state index contributed by atoms with van der Waals surface area (Å²) in [7, 11) is 0. The molecule has 1 unspecified atom stereocenters. The zero-order valence-electron chi connectivity index (χ0n) is 10.2. The molecule has 0 saturated carbocycles. The van der Waals surface area contributed by atoms with E-state index in [0.717, 1.165) is 36.1 Å². The number of aryl methyl sites for hydroxylation is 1. The number of hydrogen-bond acceptors (Lipinski definition) is 2. The quantitative estimate of drug-likeness (QED) is 0.888. The molecule has 1 N–H and O–H groups in total. The van der Waals surface area contributed by atoms with Crippen molar-refractivity contribution in [2.75, 3.05) is 23.4 Å². The smallest absolute Gasteiger partial charge is 0.385 e. The molecule has 1 heterocycles. The second-order valence-electron chi connectivity index (χ2n) is 4.64. The minimum Gasteiger partial charge on any atom is -0.385 e. The fraction of sp³-hybridized carbons (Fsp3) is 0.538. The van der Waals surface area contributed by atoms with E-state index in [2.05, 4.69) is 5.32 Å². The molecule has 1 aliphatic rings. The molecule has 0 radical (unpaired) electrons. The minimum absolute atomic E-state index is 0.573. The van der Waals surface area contributed by atoms with Gasteiger partial charge in [-0.1, -0.05) is 6.07 Å². The molecular weight excluding hydrogens is 259 g/mol. The van der Waals surface area contributed by atoms with E-state index in [-0.39, 0.29) is 0 Å². The summed E-state index contributed by atoms with van der Waals surface area (Å²) in [5.41, 5.74) is 0.867. The van der Waals surface area contributed by atoms with Crippen molar-refractivity contribution in [3.8, 4) is 0 Å². The van der Waals surface area contributed by atoms with Gasteiger partial charge in [0.15, 0.2) is 0 Å². The molecule has 1 aromatic carbocycles. The number of hydrogen-bond donors (Lipinski definition) is 1. The first-order valence-electron chi connectivity index (χ1n) is 5.96. The third-order valence-corrected chi connectivity index (χ3v) is 4.40. The summed E-state index contributed by atoms with van der Waals surface area (Å²) in [6, 6.07) is 3.86. The number of halogens is 3. The Kier molecular flexibility index (Phi) is 4.10. The van der Waals surface area contributed by atoms with Gasteiger partial charge in [0.25, 0.3) is 0 Å². The van der Waals surface area contributed by atoms with Crippen LogP contribution in [0.25, 0.3) is 0 Å². The fourth-order valence-corrected chi connectivity index (χ4v) is 3.27. The van der Waals surface area contributed by atoms with Crippen LogP contribution in [0.1, 0.15) is 17.5 Å². The summed E-state index contributed by atoms with van der Waals surface area (Å²) in [4.78, 5) is 0. The van der Waals surface area contributed by atoms with Gasteiger partial charge in [0.2, 0.25) is 0 Å². The average molecular weight is 275 g/mol. The van der Waals surface area contributed by atoms with Crippen LogP contribution >= 0.6 is 11.8 Å². The van der Waals surface area contributed by atoms with E-state index >= 15 is 0 Å². The van der Waals surface area contributed by atoms with E-state index in [4.69, 9.17) is 0 Å². The van der Waals surface area contributed by atoms with Crippen molar-refractivity contribution < 1.29 is 13.2 Å². The Balaban J connectivity index is 2.06. The van der Waals surface area contributed by atoms with E-state index in [1.165, 1.54) is 12.1 Å². The topological polar surface area (TPSA) is 12.0 Å². The molecule has 100 valence electrons. The Morgan fingerprint density at radius 1 is 1.39 bits per heavy atom. The molecule has 0 aliphatic carbocycles. The SMILES string of the molecule is Cc1ccc(C(F)(F)F)cc1NCC1CCSC1. The van der Waals surface area contributed by atoms with Crippen LogP contribution < -0.4 is 5.32 Å². The van der Waals surface area contributed by atoms with Gasteiger partial charge < -0.3 is 5.32 Å². The summed E-state index contributed by atoms with van der Waals surface area (Å²) < 4.78 is 37.8. The van der Waals surface area contributed by atoms with Crippen LogP contribution in [-0.4, -0.2) is 18.1 Å². The molecule has 0 bridgehead atoms. The van der Waals surface area contributed by atoms with Crippen LogP contribution in [-0.2, 0) is 6.18 Å². The molecule has 18 heavy (non-hydrogen) atoms. The van der Waals surface area contributed by atoms with Crippen LogP contribution in [0, 0.1) is 12.8 Å². The molecule has 1 atom stereocenters. The molecule has 1 saturated heterocycles. The van der Waals surface area contributed by atoms with Crippen LogP contribution in [0.3, 0.4) is 0 Å². The number of rotatable bonds is 3. The first-order chi connectivity index (χ1) is 8.47. The number of alkyl halides is 3. The molecule has 0 amide bonds. The summed E-state index contributed by atoms with van der Waals surface area (Å²) in [5, 5.41) is 3.15. The number of anilines is 1. The molecule has 1 aromatic rings. The maximum absolute atomic E-state index is 12.6. The monoisotopic (exact) mass is 275 g/mol. The third-order valence-electron chi connectivity index (χ3n) is 3.17. The number of nitrogens with one attached hydrogen (secondary N) is 1. The van der Waals surface area contributed by atoms with Crippen molar-refractivity contribution in [2.24, 2.45) is 5.92 Å². The van der Waals surface area contributed by atoms with E-state index in [1.807, 2.05) is 18.7 Å². The predicted octanol–water partition coefficient (Wildman–Crippen LogP) is 4.18. The zero-order chi connectivity index (χ0) is 13.2. The Morgan fingerprint density at radius 2 is 2.17 bits per heavy atom. The van der Waals surface area contributed by atoms with Crippen LogP contribution in [0.5, 0.6) is 0 Å². The van der Waals surface area contributed by atoms with Gasteiger partial charge in [-0.25, -0.2) is 0 Å². The van der Waals surface area contributed by atoms with Crippen LogP contribution in [0.15, 0.2) is 18.2 Å². The van der Waals surface area contributed by atoms with Crippen LogP contribution in [0.2, 0.25) is 0 Å². The first-order valence-corrected chi connectivity index (χ1v) is 7.12. The van der Waals surface area contributed by atoms with Crippen molar-refractivity contribution in [1.29, 1.82) is 0 Å². The lowest BCUT2D eigenvalue weighted by atomic mass is 10.1. The molecule has 0 aromatic heterocycles. The summed E-state index contributed by atoms with van der Waals surface area (Å²) >= 11 is 1.91. The van der Waals surface area contributed by atoms with Crippen molar-refractivity contribution >= 4 is 17.4 Å². The molecule has 1 nitrogen and oxygen atoms in total. The van der Waals surface area contributed by atoms with Gasteiger partial charge in [-0.05, 0) is 48.5 Å². The highest BCUT2D eigenvalue weighted by Gasteiger charge is 2.30. The Bertz CT molecular complexity index is 411. The third kappa shape index (κ3) is 3.34. The highest BCUT2D eigenvalue weighted by atomic mass is 32.2. The van der Waals surface area contributed by atoms with Crippen LogP contribution in [0.4, 0.5) is 18.9 Å². The summed E-state index contributed by atoms with van der Waals surface area (Å²) in [5.74, 6) is 2.84. The lowest BCUT2D eigenvalue weighted by Crippen LogP contribution is -2.15. The van der Waals surface area contributed by atoms with Gasteiger partial charge in [-0.3, -0.25) is 0 Å². The van der Waals surface area contributed by atoms with E-state index in [1.54, 1.807) is 0 Å². The number of thioether (sulfide) groups is 1. The van der Waals surface area contributed by atoms with Gasteiger partial charge in [0.1, 0.15) is 0 Å². The molecular formula is C13H16F3NS. The summed E-state index contributed by atoms with van der Waals surface area (Å²) in [6.07, 6.45) is -3.12. The largest absolute Gasteiger partial charge is 0.416 e. The Hall–Kier alpha value is -0.840. The van der Waals surface area contributed by atoms with Crippen molar-refractivity contribution in [3.05, 3.63) is 29.3 Å². The molecule has 1 aliphatic heterocycles. The fourth-order valence-electron chi connectivity index (χ4n) is 1.99. The zero-order valence-corrected chi connectivity index (χ0v) is 11.0. The van der Waals surface area contributed by atoms with E-state index in [9.17, 15) is 13.2 Å². The molecule has 1 fully saturated rings. The second kappa shape index (κ2) is 5.43. The van der Waals surface area contributed by atoms with Gasteiger partial charge >= 0.3 is 6.18 Å². The normalized spacial score (nSPS) is 20.1. The highest BCUT2D eigenvalue weighted by Crippen LogP contribution is 2.32. The van der Waals surface area contributed by atoms with Crippen molar-refractivity contribution in [2.45, 2.75) is 19.5 Å². The maximum atomic E-state index is 12.6. The molecule has 5 heteroatoms. The highest BCUT2D eigenvalue weighted by molar-refractivity contribution is 7.99. The average Bonchev–Trinajstić information content (AvgIpc) is 2.79. The Morgan fingerprint density at radius 3 is 2.78 bits per heavy atom. The van der Waals surface area contributed by atoms with Crippen molar-refractivity contribution in [1.82, 2.24) is 0 Å². The standard InChI is InChI=1S/C13H16F3NS/c1-9-2-3-11(13(14,15)16)6-12(9)17-7-10-4-5-18-8-10/h2-3,6,10,17H,4-5,7-8H2,1H3. The van der Waals surface area contributed by atoms with Gasteiger partial charge in [-0.2, -0.15) is 24.9 Å². The van der Waals surface area contributed by atoms with Crippen molar-refractivity contribution in [3.63, 3.8) is 0 Å². The minimum atomic E-state index is -4.27. The second-order valence-corrected chi connectivity index (χ2v) is 5.79. The molecule has 2 rings (SSSR count). The maximum Gasteiger partial charge on any atom is 0.416 e. The van der Waals surface area contributed by atoms with Gasteiger partial charge in [0.05, 0.1) is 5.56 Å². The van der Waals surface area contributed by atoms with Gasteiger partial charge in [0, 0.05) is 12.2 Å². The van der Waals surface area contributed by atoms with Gasteiger partial charge in [-0.15, -0.1) is 0 Å². The first kappa shape index (κ1) is 13.6. The lowest BCUT2D eigenvalue weighted by molar-refractivity contribution is -0.137. The lowest BCUT2D eigenvalue weighted by Gasteiger charge is -2.15. The molecule has 0 spiro atoms. The summed E-state index contributed by atoms with van der Waals surface area (Å²) in [6.45, 7) is 2.58. The number of benzene rings is 1. The Labute approximate surface area is 109 Å². The van der Waals surface area contributed by atoms with E-state index < -0.39 is 11.7 Å². The van der Waals surface area contributed by atoms with E-state index in [0.29, 0.717) is 11.6 Å².